The van der Waals surface area contributed by atoms with Crippen molar-refractivity contribution < 1.29 is 41.0 Å². The zero-order valence-electron chi connectivity index (χ0n) is 12.3. The number of carbonyl (C=O) groups excluding carboxylic acids is 2. The van der Waals surface area contributed by atoms with Gasteiger partial charge in [-0.05, 0) is 13.3 Å². The van der Waals surface area contributed by atoms with Crippen molar-refractivity contribution >= 4 is 11.9 Å². The molecule has 4 nitrogen and oxygen atoms in total. The summed E-state index contributed by atoms with van der Waals surface area (Å²) in [7, 11) is 0. The molecular weight excluding hydrogens is 339 g/mol. The molecular formula is C15H11F5O4. The third kappa shape index (κ3) is 4.68. The SMILES string of the molecule is C#CC(C)OC(=O)CCCC(=O)Oc1c(F)c(F)c(F)c(F)c1F. The lowest BCUT2D eigenvalue weighted by Crippen LogP contribution is -2.15. The first-order chi connectivity index (χ1) is 11.2. The molecule has 1 unspecified atom stereocenters. The predicted molar refractivity (Wildman–Crippen MR) is 70.1 cm³/mol. The average molecular weight is 350 g/mol. The van der Waals surface area contributed by atoms with Gasteiger partial charge in [0.15, 0.2) is 6.10 Å². The molecule has 0 heterocycles. The minimum absolute atomic E-state index is 0.135. The number of esters is 2. The summed E-state index contributed by atoms with van der Waals surface area (Å²) < 4.78 is 74.2. The largest absolute Gasteiger partial charge is 0.449 e. The molecule has 0 saturated heterocycles. The van der Waals surface area contributed by atoms with Crippen molar-refractivity contribution in [3.8, 4) is 18.1 Å². The fourth-order valence-electron chi connectivity index (χ4n) is 1.51. The van der Waals surface area contributed by atoms with Gasteiger partial charge in [-0.15, -0.1) is 6.42 Å². The molecule has 0 amide bonds. The van der Waals surface area contributed by atoms with Gasteiger partial charge in [0.25, 0.3) is 0 Å². The van der Waals surface area contributed by atoms with Crippen LogP contribution in [0, 0.1) is 41.4 Å². The van der Waals surface area contributed by atoms with Crippen LogP contribution in [0.2, 0.25) is 0 Å². The van der Waals surface area contributed by atoms with E-state index in [0.717, 1.165) is 0 Å². The Bertz CT molecular complexity index is 667. The second-order valence-electron chi connectivity index (χ2n) is 4.53. The van der Waals surface area contributed by atoms with Crippen LogP contribution in [0.1, 0.15) is 26.2 Å². The summed E-state index contributed by atoms with van der Waals surface area (Å²) in [4.78, 5) is 22.7. The predicted octanol–water partition coefficient (Wildman–Crippen LogP) is 3.02. The summed E-state index contributed by atoms with van der Waals surface area (Å²) in [5.41, 5.74) is 0. The number of halogens is 5. The second-order valence-corrected chi connectivity index (χ2v) is 4.53. The zero-order chi connectivity index (χ0) is 18.4. The van der Waals surface area contributed by atoms with Crippen LogP contribution >= 0.6 is 0 Å². The van der Waals surface area contributed by atoms with E-state index in [4.69, 9.17) is 11.2 Å². The van der Waals surface area contributed by atoms with E-state index in [1.54, 1.807) is 0 Å². The van der Waals surface area contributed by atoms with Crippen molar-refractivity contribution in [2.24, 2.45) is 0 Å². The number of carbonyl (C=O) groups is 2. The molecule has 0 fully saturated rings. The molecule has 0 saturated carbocycles. The highest BCUT2D eigenvalue weighted by Crippen LogP contribution is 2.29. The monoisotopic (exact) mass is 350 g/mol. The standard InChI is InChI=1S/C15H11F5O4/c1-3-7(2)23-8(21)5-4-6-9(22)24-15-13(19)11(17)10(16)12(18)14(15)20/h1,7H,4-6H2,2H3. The summed E-state index contributed by atoms with van der Waals surface area (Å²) in [5, 5.41) is 0. The molecule has 1 aromatic carbocycles. The third-order valence-electron chi connectivity index (χ3n) is 2.69. The Labute approximate surface area is 133 Å². The van der Waals surface area contributed by atoms with Crippen molar-refractivity contribution in [2.75, 3.05) is 0 Å². The molecule has 0 aliphatic heterocycles. The summed E-state index contributed by atoms with van der Waals surface area (Å²) >= 11 is 0. The van der Waals surface area contributed by atoms with Gasteiger partial charge in [-0.3, -0.25) is 9.59 Å². The Morgan fingerprint density at radius 2 is 1.42 bits per heavy atom. The highest BCUT2D eigenvalue weighted by atomic mass is 19.2. The topological polar surface area (TPSA) is 52.6 Å². The maximum atomic E-state index is 13.3. The van der Waals surface area contributed by atoms with Crippen LogP contribution < -0.4 is 4.74 Å². The summed E-state index contributed by atoms with van der Waals surface area (Å²) in [6.07, 6.45) is 3.32. The van der Waals surface area contributed by atoms with Crippen molar-refractivity contribution in [3.63, 3.8) is 0 Å². The van der Waals surface area contributed by atoms with Crippen molar-refractivity contribution in [2.45, 2.75) is 32.3 Å². The van der Waals surface area contributed by atoms with Gasteiger partial charge in [0.2, 0.25) is 34.8 Å². The number of ether oxygens (including phenoxy) is 2. The quantitative estimate of drug-likeness (QED) is 0.198. The first kappa shape index (κ1) is 19.4. The van der Waals surface area contributed by atoms with Crippen molar-refractivity contribution in [3.05, 3.63) is 29.1 Å². The minimum Gasteiger partial charge on any atom is -0.449 e. The van der Waals surface area contributed by atoms with Crippen LogP contribution in [0.25, 0.3) is 0 Å². The van der Waals surface area contributed by atoms with Gasteiger partial charge < -0.3 is 9.47 Å². The van der Waals surface area contributed by atoms with Crippen LogP contribution in [0.4, 0.5) is 22.0 Å². The molecule has 1 aromatic rings. The van der Waals surface area contributed by atoms with Gasteiger partial charge >= 0.3 is 11.9 Å². The summed E-state index contributed by atoms with van der Waals surface area (Å²) in [5.74, 6) is -12.9. The molecule has 0 bridgehead atoms. The number of rotatable bonds is 6. The molecule has 0 spiro atoms. The van der Waals surface area contributed by atoms with Crippen molar-refractivity contribution in [1.29, 1.82) is 0 Å². The Morgan fingerprint density at radius 1 is 0.958 bits per heavy atom. The van der Waals surface area contributed by atoms with Gasteiger partial charge in [0, 0.05) is 12.8 Å². The lowest BCUT2D eigenvalue weighted by molar-refractivity contribution is -0.146. The molecule has 9 heteroatoms. The summed E-state index contributed by atoms with van der Waals surface area (Å²) in [6.45, 7) is 1.44. The number of hydrogen-bond donors (Lipinski definition) is 0. The Hall–Kier alpha value is -2.63. The number of hydrogen-bond acceptors (Lipinski definition) is 4. The Morgan fingerprint density at radius 3 is 1.92 bits per heavy atom. The molecule has 130 valence electrons. The van der Waals surface area contributed by atoms with E-state index in [0.29, 0.717) is 0 Å². The third-order valence-corrected chi connectivity index (χ3v) is 2.69. The fraction of sp³-hybridized carbons (Fsp3) is 0.333. The Kier molecular flexibility index (Phi) is 6.70. The highest BCUT2D eigenvalue weighted by Gasteiger charge is 2.28. The van der Waals surface area contributed by atoms with E-state index in [-0.39, 0.29) is 12.8 Å². The van der Waals surface area contributed by atoms with E-state index in [9.17, 15) is 31.5 Å². The van der Waals surface area contributed by atoms with Gasteiger partial charge in [0.1, 0.15) is 0 Å². The Balaban J connectivity index is 2.64. The molecule has 0 aliphatic rings. The lowest BCUT2D eigenvalue weighted by Gasteiger charge is -2.09. The first-order valence-corrected chi connectivity index (χ1v) is 6.56. The maximum Gasteiger partial charge on any atom is 0.311 e. The second kappa shape index (κ2) is 8.29. The number of terminal acetylenes is 1. The first-order valence-electron chi connectivity index (χ1n) is 6.56. The molecule has 0 aliphatic carbocycles. The normalized spacial score (nSPS) is 11.5. The zero-order valence-corrected chi connectivity index (χ0v) is 12.3. The molecule has 24 heavy (non-hydrogen) atoms. The van der Waals surface area contributed by atoms with Crippen LogP contribution in [0.3, 0.4) is 0 Å². The maximum absolute atomic E-state index is 13.3. The van der Waals surface area contributed by atoms with Crippen LogP contribution in [-0.4, -0.2) is 18.0 Å². The van der Waals surface area contributed by atoms with E-state index in [1.807, 2.05) is 0 Å². The fourth-order valence-corrected chi connectivity index (χ4v) is 1.51. The average Bonchev–Trinajstić information content (AvgIpc) is 2.54. The van der Waals surface area contributed by atoms with Gasteiger partial charge in [0.05, 0.1) is 0 Å². The summed E-state index contributed by atoms with van der Waals surface area (Å²) in [6, 6.07) is 0. The van der Waals surface area contributed by atoms with Crippen LogP contribution in [0.5, 0.6) is 5.75 Å². The van der Waals surface area contributed by atoms with E-state index in [1.165, 1.54) is 6.92 Å². The molecule has 1 atom stereocenters. The number of benzene rings is 1. The van der Waals surface area contributed by atoms with Gasteiger partial charge in [-0.2, -0.15) is 8.78 Å². The van der Waals surface area contributed by atoms with E-state index in [2.05, 4.69) is 10.7 Å². The van der Waals surface area contributed by atoms with Crippen molar-refractivity contribution in [1.82, 2.24) is 0 Å². The van der Waals surface area contributed by atoms with E-state index < -0.39 is 59.3 Å². The van der Waals surface area contributed by atoms with Crippen LogP contribution in [-0.2, 0) is 14.3 Å². The molecule has 0 aromatic heterocycles. The van der Waals surface area contributed by atoms with Gasteiger partial charge in [-0.25, -0.2) is 13.2 Å². The smallest absolute Gasteiger partial charge is 0.311 e. The highest BCUT2D eigenvalue weighted by molar-refractivity contribution is 5.74. The van der Waals surface area contributed by atoms with E-state index >= 15 is 0 Å². The molecule has 1 rings (SSSR count). The molecule has 0 N–H and O–H groups in total. The lowest BCUT2D eigenvalue weighted by atomic mass is 10.2. The van der Waals surface area contributed by atoms with Crippen LogP contribution in [0.15, 0.2) is 0 Å². The molecule has 0 radical (unpaired) electrons. The van der Waals surface area contributed by atoms with Gasteiger partial charge in [-0.1, -0.05) is 5.92 Å². The minimum atomic E-state index is -2.37.